The van der Waals surface area contributed by atoms with Gasteiger partial charge in [-0.2, -0.15) is 0 Å². The van der Waals surface area contributed by atoms with E-state index in [2.05, 4.69) is 29.4 Å². The second-order valence-electron chi connectivity index (χ2n) is 2.28. The minimum Gasteiger partial charge on any atom is 0 e. The second kappa shape index (κ2) is 19.0. The maximum absolute atomic E-state index is 10.9. The van der Waals surface area contributed by atoms with E-state index in [9.17, 15) is 4.79 Å². The predicted molar refractivity (Wildman–Crippen MR) is 53.0 cm³/mol. The van der Waals surface area contributed by atoms with Gasteiger partial charge in [-0.05, 0) is 6.08 Å². The minimum absolute atomic E-state index is 0. The molecule has 1 N–H and O–H groups in total. The summed E-state index contributed by atoms with van der Waals surface area (Å²) >= 11 is 0. The van der Waals surface area contributed by atoms with Crippen molar-refractivity contribution < 1.29 is 50.4 Å². The molecule has 8 heteroatoms. The molecule has 104 valence electrons. The van der Waals surface area contributed by atoms with Crippen molar-refractivity contribution in [2.24, 2.45) is 0 Å². The van der Waals surface area contributed by atoms with Crippen LogP contribution in [0.15, 0.2) is 23.3 Å². The van der Waals surface area contributed by atoms with Crippen molar-refractivity contribution in [3.05, 3.63) is 43.2 Å². The average Bonchev–Trinajstić information content (AvgIpc) is 2.43. The van der Waals surface area contributed by atoms with Gasteiger partial charge in [-0.3, -0.25) is 0 Å². The summed E-state index contributed by atoms with van der Waals surface area (Å²) in [5, 5.41) is 9.15. The monoisotopic (exact) mass is 310 g/mol. The van der Waals surface area contributed by atoms with Gasteiger partial charge in [0, 0.05) is 29.8 Å². The molecule has 19 heavy (non-hydrogen) atoms. The van der Waals surface area contributed by atoms with Gasteiger partial charge < -0.3 is 14.6 Å². The fourth-order valence-corrected chi connectivity index (χ4v) is 0.901. The molecule has 0 spiro atoms. The van der Waals surface area contributed by atoms with Gasteiger partial charge in [0.15, 0.2) is 6.29 Å². The van der Waals surface area contributed by atoms with Crippen LogP contribution in [0.3, 0.4) is 0 Å². The SMILES string of the molecule is COC(=O)C1=C(C(O)OC)C=C1.[C-]#[O+].[C-]#[O+].[C-]#[O+].[Fe]. The number of hydrogen-bond donors (Lipinski definition) is 1. The number of esters is 1. The zero-order valence-corrected chi connectivity index (χ0v) is 11.1. The molecule has 1 atom stereocenters. The fraction of sp³-hybridized carbons (Fsp3) is 0.273. The normalized spacial score (nSPS) is 11.2. The van der Waals surface area contributed by atoms with E-state index in [-0.39, 0.29) is 17.1 Å². The number of carbonyl (C=O) groups excluding carboxylic acids is 1. The second-order valence-corrected chi connectivity index (χ2v) is 2.28. The molecular weight excluding hydrogens is 300 g/mol. The average molecular weight is 310 g/mol. The third-order valence-electron chi connectivity index (χ3n) is 1.64. The maximum Gasteiger partial charge on any atom is 0 e. The van der Waals surface area contributed by atoms with Crippen LogP contribution in [0.25, 0.3) is 0 Å². The molecule has 0 aromatic carbocycles. The molecular formula is C11H10FeO7. The van der Waals surface area contributed by atoms with E-state index >= 15 is 0 Å². The molecule has 0 bridgehead atoms. The molecule has 0 heterocycles. The number of aliphatic hydroxyl groups is 1. The minimum atomic E-state index is -1.04. The Morgan fingerprint density at radius 1 is 1.16 bits per heavy atom. The molecule has 0 saturated heterocycles. The summed E-state index contributed by atoms with van der Waals surface area (Å²) in [5.41, 5.74) is 0.830. The summed E-state index contributed by atoms with van der Waals surface area (Å²) in [6.07, 6.45) is 2.15. The molecule has 0 amide bonds. The van der Waals surface area contributed by atoms with Crippen LogP contribution in [0.4, 0.5) is 0 Å². The van der Waals surface area contributed by atoms with Crippen molar-refractivity contribution >= 4 is 5.97 Å². The first-order valence-electron chi connectivity index (χ1n) is 4.03. The number of ether oxygens (including phenoxy) is 2. The number of hydrogen-bond acceptors (Lipinski definition) is 4. The van der Waals surface area contributed by atoms with Gasteiger partial charge in [-0.15, -0.1) is 0 Å². The molecule has 1 aliphatic carbocycles. The van der Waals surface area contributed by atoms with Crippen LogP contribution in [0.1, 0.15) is 0 Å². The Balaban J connectivity index is -0.000000142. The van der Waals surface area contributed by atoms with E-state index in [1.807, 2.05) is 0 Å². The third-order valence-corrected chi connectivity index (χ3v) is 1.64. The molecule has 1 rings (SSSR count). The molecule has 0 aromatic heterocycles. The van der Waals surface area contributed by atoms with E-state index in [4.69, 9.17) is 19.1 Å². The summed E-state index contributed by atoms with van der Waals surface area (Å²) < 4.78 is 31.6. The molecule has 0 aliphatic heterocycles. The summed E-state index contributed by atoms with van der Waals surface area (Å²) in [5.74, 6) is -0.455. The Morgan fingerprint density at radius 3 is 1.79 bits per heavy atom. The quantitative estimate of drug-likeness (QED) is 0.257. The first-order chi connectivity index (χ1) is 8.70. The van der Waals surface area contributed by atoms with Gasteiger partial charge in [0.2, 0.25) is 0 Å². The van der Waals surface area contributed by atoms with Crippen LogP contribution in [0, 0.1) is 20.0 Å². The molecule has 1 aliphatic rings. The number of aliphatic hydroxyl groups excluding tert-OH is 1. The number of rotatable bonds is 3. The molecule has 0 radical (unpaired) electrons. The van der Waals surface area contributed by atoms with Crippen molar-refractivity contribution in [3.8, 4) is 0 Å². The maximum atomic E-state index is 10.9. The largest absolute Gasteiger partial charge is 0 e. The van der Waals surface area contributed by atoms with E-state index in [1.54, 1.807) is 12.2 Å². The summed E-state index contributed by atoms with van der Waals surface area (Å²) in [4.78, 5) is 10.9. The van der Waals surface area contributed by atoms with Crippen molar-refractivity contribution in [1.82, 2.24) is 0 Å². The Kier molecular flexibility index (Phi) is 26.2. The summed E-state index contributed by atoms with van der Waals surface area (Å²) in [7, 11) is 2.65. The van der Waals surface area contributed by atoms with Crippen molar-refractivity contribution in [2.45, 2.75) is 6.29 Å². The van der Waals surface area contributed by atoms with Crippen molar-refractivity contribution in [1.29, 1.82) is 0 Å². The Hall–Kier alpha value is -1.39. The number of methoxy groups -OCH3 is 2. The van der Waals surface area contributed by atoms with Crippen LogP contribution in [0.5, 0.6) is 0 Å². The van der Waals surface area contributed by atoms with Crippen molar-refractivity contribution in [3.63, 3.8) is 0 Å². The number of carbonyl (C=O) groups is 1. The van der Waals surface area contributed by atoms with Gasteiger partial charge >= 0.3 is 39.9 Å². The van der Waals surface area contributed by atoms with Gasteiger partial charge in [-0.25, -0.2) is 4.79 Å². The van der Waals surface area contributed by atoms with Gasteiger partial charge in [-0.1, -0.05) is 6.08 Å². The molecule has 7 nitrogen and oxygen atoms in total. The smallest absolute Gasteiger partial charge is 0 e. The predicted octanol–water partition coefficient (Wildman–Crippen LogP) is -0.124. The van der Waals surface area contributed by atoms with Crippen LogP contribution in [-0.2, 0) is 45.3 Å². The van der Waals surface area contributed by atoms with Gasteiger partial charge in [0.25, 0.3) is 0 Å². The van der Waals surface area contributed by atoms with E-state index in [1.165, 1.54) is 14.2 Å². The van der Waals surface area contributed by atoms with Crippen LogP contribution in [-0.4, -0.2) is 31.6 Å². The fourth-order valence-electron chi connectivity index (χ4n) is 0.901. The van der Waals surface area contributed by atoms with Crippen LogP contribution < -0.4 is 0 Å². The van der Waals surface area contributed by atoms with E-state index < -0.39 is 12.3 Å². The summed E-state index contributed by atoms with van der Waals surface area (Å²) in [6, 6.07) is 0. The zero-order chi connectivity index (χ0) is 15.1. The zero-order valence-electron chi connectivity index (χ0n) is 9.98. The van der Waals surface area contributed by atoms with Gasteiger partial charge in [0.1, 0.15) is 0 Å². The van der Waals surface area contributed by atoms with E-state index in [0.29, 0.717) is 11.1 Å². The Morgan fingerprint density at radius 2 is 1.58 bits per heavy atom. The first-order valence-corrected chi connectivity index (χ1v) is 4.03. The topological polar surface area (TPSA) is 115 Å². The van der Waals surface area contributed by atoms with E-state index in [0.717, 1.165) is 0 Å². The third kappa shape index (κ3) is 9.22. The van der Waals surface area contributed by atoms with Crippen LogP contribution >= 0.6 is 0 Å². The molecule has 0 saturated carbocycles. The van der Waals surface area contributed by atoms with Gasteiger partial charge in [0.05, 0.1) is 12.7 Å². The molecule has 0 aromatic rings. The Labute approximate surface area is 120 Å². The Bertz CT molecular complexity index is 351. The van der Waals surface area contributed by atoms with Crippen LogP contribution in [0.2, 0.25) is 0 Å². The summed E-state index contributed by atoms with van der Waals surface area (Å²) in [6.45, 7) is 13.5. The first kappa shape index (κ1) is 26.2. The van der Waals surface area contributed by atoms with Crippen molar-refractivity contribution in [2.75, 3.05) is 14.2 Å². The molecule has 1 unspecified atom stereocenters. The molecule has 0 fully saturated rings. The standard InChI is InChI=1S/C8H10O4.3CO.Fe/c1-11-7(9)5-3-4-6(5)8(10)12-2;3*1-2;/h3-4,7,9H,1-2H3;;;;.